The minimum absolute atomic E-state index is 0.479. The normalized spacial score (nSPS) is 19.4. The van der Waals surface area contributed by atoms with E-state index in [1.54, 1.807) is 0 Å². The van der Waals surface area contributed by atoms with Crippen molar-refractivity contribution in [3.63, 3.8) is 0 Å². The zero-order chi connectivity index (χ0) is 12.1. The van der Waals surface area contributed by atoms with Gasteiger partial charge in [-0.1, -0.05) is 38.1 Å². The minimum Gasteiger partial charge on any atom is -0.381 e. The molecule has 1 unspecified atom stereocenters. The first kappa shape index (κ1) is 12.6. The van der Waals surface area contributed by atoms with Crippen LogP contribution in [-0.4, -0.2) is 19.8 Å². The lowest BCUT2D eigenvalue weighted by Crippen LogP contribution is -2.30. The smallest absolute Gasteiger partial charge is 0.0489 e. The van der Waals surface area contributed by atoms with Crippen LogP contribution in [0.2, 0.25) is 0 Å². The van der Waals surface area contributed by atoms with Gasteiger partial charge in [0.1, 0.15) is 0 Å². The SMILES string of the molecule is CC(C)COCCC1NCCc2ccccc21. The summed E-state index contributed by atoms with van der Waals surface area (Å²) in [6.07, 6.45) is 2.23. The summed E-state index contributed by atoms with van der Waals surface area (Å²) in [6, 6.07) is 9.24. The van der Waals surface area contributed by atoms with Crippen LogP contribution in [0.1, 0.15) is 37.4 Å². The maximum absolute atomic E-state index is 5.67. The molecule has 0 aromatic heterocycles. The van der Waals surface area contributed by atoms with Crippen LogP contribution in [0.5, 0.6) is 0 Å². The Labute approximate surface area is 104 Å². The van der Waals surface area contributed by atoms with Crippen molar-refractivity contribution in [2.45, 2.75) is 32.7 Å². The second-order valence-corrected chi connectivity index (χ2v) is 5.21. The lowest BCUT2D eigenvalue weighted by atomic mass is 9.93. The summed E-state index contributed by atoms with van der Waals surface area (Å²) in [5, 5.41) is 3.58. The van der Waals surface area contributed by atoms with Crippen LogP contribution in [0.15, 0.2) is 24.3 Å². The number of nitrogens with one attached hydrogen (secondary N) is 1. The predicted octanol–water partition coefficient (Wildman–Crippen LogP) is 2.94. The van der Waals surface area contributed by atoms with E-state index in [0.717, 1.165) is 32.6 Å². The lowest BCUT2D eigenvalue weighted by Gasteiger charge is -2.27. The molecule has 94 valence electrons. The van der Waals surface area contributed by atoms with Crippen molar-refractivity contribution in [2.24, 2.45) is 5.92 Å². The molecule has 0 radical (unpaired) electrons. The standard InChI is InChI=1S/C15H23NO/c1-12(2)11-17-10-8-15-14-6-4-3-5-13(14)7-9-16-15/h3-6,12,15-16H,7-11H2,1-2H3. The third-order valence-electron chi connectivity index (χ3n) is 3.22. The Hall–Kier alpha value is -0.860. The van der Waals surface area contributed by atoms with Crippen LogP contribution in [0.3, 0.4) is 0 Å². The zero-order valence-corrected chi connectivity index (χ0v) is 10.9. The topological polar surface area (TPSA) is 21.3 Å². The number of hydrogen-bond donors (Lipinski definition) is 1. The van der Waals surface area contributed by atoms with Crippen molar-refractivity contribution < 1.29 is 4.74 Å². The molecule has 1 atom stereocenters. The van der Waals surface area contributed by atoms with Gasteiger partial charge in [-0.2, -0.15) is 0 Å². The highest BCUT2D eigenvalue weighted by Gasteiger charge is 2.18. The summed E-state index contributed by atoms with van der Waals surface area (Å²) in [5.74, 6) is 0.626. The van der Waals surface area contributed by atoms with Gasteiger partial charge < -0.3 is 10.1 Å². The van der Waals surface area contributed by atoms with Crippen molar-refractivity contribution >= 4 is 0 Å². The fraction of sp³-hybridized carbons (Fsp3) is 0.600. The monoisotopic (exact) mass is 233 g/mol. The average molecular weight is 233 g/mol. The maximum atomic E-state index is 5.67. The fourth-order valence-corrected chi connectivity index (χ4v) is 2.37. The Morgan fingerprint density at radius 1 is 1.35 bits per heavy atom. The van der Waals surface area contributed by atoms with Gasteiger partial charge in [0, 0.05) is 19.3 Å². The van der Waals surface area contributed by atoms with E-state index in [-0.39, 0.29) is 0 Å². The first-order valence-corrected chi connectivity index (χ1v) is 6.66. The van der Waals surface area contributed by atoms with Gasteiger partial charge in [-0.3, -0.25) is 0 Å². The van der Waals surface area contributed by atoms with E-state index in [2.05, 4.69) is 43.4 Å². The Bertz CT molecular complexity index is 349. The number of hydrogen-bond acceptors (Lipinski definition) is 2. The van der Waals surface area contributed by atoms with Gasteiger partial charge in [0.2, 0.25) is 0 Å². The molecule has 17 heavy (non-hydrogen) atoms. The molecule has 1 aliphatic heterocycles. The molecule has 2 nitrogen and oxygen atoms in total. The molecular weight excluding hydrogens is 210 g/mol. The van der Waals surface area contributed by atoms with E-state index >= 15 is 0 Å². The van der Waals surface area contributed by atoms with E-state index in [4.69, 9.17) is 4.74 Å². The third kappa shape index (κ3) is 3.55. The molecule has 1 aromatic carbocycles. The summed E-state index contributed by atoms with van der Waals surface area (Å²) in [7, 11) is 0. The van der Waals surface area contributed by atoms with Crippen molar-refractivity contribution in [1.82, 2.24) is 5.32 Å². The van der Waals surface area contributed by atoms with Crippen molar-refractivity contribution in [3.8, 4) is 0 Å². The molecule has 0 saturated carbocycles. The second-order valence-electron chi connectivity index (χ2n) is 5.21. The average Bonchev–Trinajstić information content (AvgIpc) is 2.34. The second kappa shape index (κ2) is 6.18. The summed E-state index contributed by atoms with van der Waals surface area (Å²) in [4.78, 5) is 0. The van der Waals surface area contributed by atoms with Crippen LogP contribution >= 0.6 is 0 Å². The summed E-state index contributed by atoms with van der Waals surface area (Å²) in [6.45, 7) is 7.19. The molecule has 0 spiro atoms. The van der Waals surface area contributed by atoms with E-state index in [1.165, 1.54) is 11.1 Å². The highest BCUT2D eigenvalue weighted by atomic mass is 16.5. The number of ether oxygens (including phenoxy) is 1. The summed E-state index contributed by atoms with van der Waals surface area (Å²) >= 11 is 0. The number of benzene rings is 1. The van der Waals surface area contributed by atoms with Gasteiger partial charge in [-0.05, 0) is 36.4 Å². The van der Waals surface area contributed by atoms with Gasteiger partial charge in [0.15, 0.2) is 0 Å². The van der Waals surface area contributed by atoms with Gasteiger partial charge in [-0.25, -0.2) is 0 Å². The molecule has 0 saturated heterocycles. The molecule has 1 aliphatic rings. The van der Waals surface area contributed by atoms with E-state index < -0.39 is 0 Å². The molecule has 0 bridgehead atoms. The Morgan fingerprint density at radius 2 is 2.18 bits per heavy atom. The van der Waals surface area contributed by atoms with E-state index in [0.29, 0.717) is 12.0 Å². The minimum atomic E-state index is 0.479. The van der Waals surface area contributed by atoms with Crippen LogP contribution < -0.4 is 5.32 Å². The van der Waals surface area contributed by atoms with Gasteiger partial charge >= 0.3 is 0 Å². The van der Waals surface area contributed by atoms with Gasteiger partial charge in [0.25, 0.3) is 0 Å². The van der Waals surface area contributed by atoms with Crippen LogP contribution in [0, 0.1) is 5.92 Å². The Balaban J connectivity index is 1.86. The highest BCUT2D eigenvalue weighted by Crippen LogP contribution is 2.24. The molecule has 0 amide bonds. The van der Waals surface area contributed by atoms with E-state index in [1.807, 2.05) is 0 Å². The number of fused-ring (bicyclic) bond motifs is 1. The highest BCUT2D eigenvalue weighted by molar-refractivity contribution is 5.32. The first-order chi connectivity index (χ1) is 8.27. The fourth-order valence-electron chi connectivity index (χ4n) is 2.37. The molecule has 1 aromatic rings. The lowest BCUT2D eigenvalue weighted by molar-refractivity contribution is 0.101. The predicted molar refractivity (Wildman–Crippen MR) is 71.2 cm³/mol. The zero-order valence-electron chi connectivity index (χ0n) is 10.9. The quantitative estimate of drug-likeness (QED) is 0.790. The van der Waals surface area contributed by atoms with Gasteiger partial charge in [0.05, 0.1) is 0 Å². The number of rotatable bonds is 5. The molecule has 2 rings (SSSR count). The van der Waals surface area contributed by atoms with Crippen molar-refractivity contribution in [2.75, 3.05) is 19.8 Å². The first-order valence-electron chi connectivity index (χ1n) is 6.66. The molecule has 1 N–H and O–H groups in total. The molecule has 2 heteroatoms. The third-order valence-corrected chi connectivity index (χ3v) is 3.22. The van der Waals surface area contributed by atoms with Crippen molar-refractivity contribution in [1.29, 1.82) is 0 Å². The molecule has 1 heterocycles. The maximum Gasteiger partial charge on any atom is 0.0489 e. The Morgan fingerprint density at radius 3 is 3.00 bits per heavy atom. The molecular formula is C15H23NO. The summed E-state index contributed by atoms with van der Waals surface area (Å²) < 4.78 is 5.67. The van der Waals surface area contributed by atoms with Crippen LogP contribution in [0.4, 0.5) is 0 Å². The molecule has 0 fully saturated rings. The Kier molecular flexibility index (Phi) is 4.57. The molecule has 0 aliphatic carbocycles. The summed E-state index contributed by atoms with van der Waals surface area (Å²) in [5.41, 5.74) is 2.96. The van der Waals surface area contributed by atoms with Crippen LogP contribution in [-0.2, 0) is 11.2 Å². The van der Waals surface area contributed by atoms with Crippen LogP contribution in [0.25, 0.3) is 0 Å². The largest absolute Gasteiger partial charge is 0.381 e. The van der Waals surface area contributed by atoms with E-state index in [9.17, 15) is 0 Å². The van der Waals surface area contributed by atoms with Crippen molar-refractivity contribution in [3.05, 3.63) is 35.4 Å². The van der Waals surface area contributed by atoms with Gasteiger partial charge in [-0.15, -0.1) is 0 Å².